The first-order valence-electron chi connectivity index (χ1n) is 11.9. The van der Waals surface area contributed by atoms with Crippen LogP contribution in [0.3, 0.4) is 0 Å². The van der Waals surface area contributed by atoms with Gasteiger partial charge in [0.25, 0.3) is 11.8 Å². The van der Waals surface area contributed by atoms with E-state index in [1.54, 1.807) is 70.2 Å². The molecular weight excluding hydrogens is 506 g/mol. The van der Waals surface area contributed by atoms with Crippen molar-refractivity contribution in [3.05, 3.63) is 89.9 Å². The fourth-order valence-electron chi connectivity index (χ4n) is 4.41. The van der Waals surface area contributed by atoms with E-state index in [-0.39, 0.29) is 17.5 Å². The molecule has 2 aromatic heterocycles. The predicted molar refractivity (Wildman–Crippen MR) is 145 cm³/mol. The number of hydrogen-bond donors (Lipinski definition) is 2. The minimum absolute atomic E-state index is 0.109. The summed E-state index contributed by atoms with van der Waals surface area (Å²) in [6.07, 6.45) is 4.55. The number of aromatic nitrogens is 3. The highest BCUT2D eigenvalue weighted by atomic mass is 35.5. The van der Waals surface area contributed by atoms with Crippen LogP contribution in [0.5, 0.6) is 0 Å². The van der Waals surface area contributed by atoms with Crippen LogP contribution in [0.4, 0.5) is 11.5 Å². The largest absolute Gasteiger partial charge is 0.364 e. The summed E-state index contributed by atoms with van der Waals surface area (Å²) in [5.41, 5.74) is 8.60. The molecule has 0 spiro atoms. The van der Waals surface area contributed by atoms with Crippen LogP contribution in [0.2, 0.25) is 5.02 Å². The van der Waals surface area contributed by atoms with E-state index in [0.29, 0.717) is 65.2 Å². The maximum atomic E-state index is 12.5. The second-order valence-electron chi connectivity index (χ2n) is 8.67. The number of piperazine rings is 1. The quantitative estimate of drug-likeness (QED) is 0.369. The molecule has 0 saturated carbocycles. The van der Waals surface area contributed by atoms with Crippen LogP contribution in [0, 0.1) is 0 Å². The molecule has 11 heteroatoms. The average Bonchev–Trinajstić information content (AvgIpc) is 3.33. The van der Waals surface area contributed by atoms with Crippen molar-refractivity contribution in [1.29, 1.82) is 0 Å². The van der Waals surface area contributed by atoms with Gasteiger partial charge in [-0.3, -0.25) is 18.8 Å². The van der Waals surface area contributed by atoms with Gasteiger partial charge >= 0.3 is 0 Å². The highest BCUT2D eigenvalue weighted by molar-refractivity contribution is 6.30. The summed E-state index contributed by atoms with van der Waals surface area (Å²) in [5, 5.41) is 3.39. The van der Waals surface area contributed by atoms with Crippen molar-refractivity contribution in [2.45, 2.75) is 0 Å². The summed E-state index contributed by atoms with van der Waals surface area (Å²) in [4.78, 5) is 50.0. The molecule has 3 N–H and O–H groups in total. The van der Waals surface area contributed by atoms with E-state index in [9.17, 15) is 14.4 Å². The molecule has 192 valence electrons. The van der Waals surface area contributed by atoms with Crippen molar-refractivity contribution < 1.29 is 14.4 Å². The molecule has 2 aromatic carbocycles. The fourth-order valence-corrected chi connectivity index (χ4v) is 4.53. The average molecular weight is 530 g/mol. The number of carbonyl (C=O) groups excluding carboxylic acids is 3. The normalized spacial score (nSPS) is 13.4. The standard InChI is InChI=1S/C27H24ClN7O3/c1-2-21(36)33-13-15-34(16-14-33)25-26-32-22(23(24(29)37)35(26)12-11-30-25)17-5-9-20(10-6-17)31-27(38)18-3-7-19(28)8-4-18/h2-12H,1,13-16H2,(H2,29,37)(H,31,38). The third kappa shape index (κ3) is 4.81. The summed E-state index contributed by atoms with van der Waals surface area (Å²) in [6.45, 7) is 5.71. The Morgan fingerprint density at radius 3 is 2.32 bits per heavy atom. The van der Waals surface area contributed by atoms with Crippen LogP contribution in [0.15, 0.2) is 73.6 Å². The number of halogens is 1. The Bertz CT molecular complexity index is 1540. The Morgan fingerprint density at radius 1 is 1.00 bits per heavy atom. The van der Waals surface area contributed by atoms with Crippen LogP contribution in [0.1, 0.15) is 20.8 Å². The number of carbonyl (C=O) groups is 3. The minimum Gasteiger partial charge on any atom is -0.364 e. The summed E-state index contributed by atoms with van der Waals surface area (Å²) in [5.74, 6) is -0.418. The molecule has 0 radical (unpaired) electrons. The zero-order valence-electron chi connectivity index (χ0n) is 20.3. The fraction of sp³-hybridized carbons (Fsp3) is 0.148. The Balaban J connectivity index is 1.43. The lowest BCUT2D eigenvalue weighted by Gasteiger charge is -2.34. The number of nitrogens with zero attached hydrogens (tertiary/aromatic N) is 5. The van der Waals surface area contributed by atoms with Crippen LogP contribution in [0.25, 0.3) is 16.9 Å². The van der Waals surface area contributed by atoms with Crippen molar-refractivity contribution in [3.8, 4) is 11.3 Å². The smallest absolute Gasteiger partial charge is 0.268 e. The van der Waals surface area contributed by atoms with E-state index in [1.807, 2.05) is 4.90 Å². The number of anilines is 2. The van der Waals surface area contributed by atoms with E-state index in [0.717, 1.165) is 0 Å². The lowest BCUT2D eigenvalue weighted by Crippen LogP contribution is -2.48. The van der Waals surface area contributed by atoms with Crippen molar-refractivity contribution in [3.63, 3.8) is 0 Å². The topological polar surface area (TPSA) is 126 Å². The SMILES string of the molecule is C=CC(=O)N1CCN(c2nccn3c(C(N)=O)c(-c4ccc(NC(=O)c5ccc(Cl)cc5)cc4)nc23)CC1. The number of hydrogen-bond acceptors (Lipinski definition) is 6. The lowest BCUT2D eigenvalue weighted by molar-refractivity contribution is -0.126. The molecule has 0 unspecified atom stereocenters. The summed E-state index contributed by atoms with van der Waals surface area (Å²) in [7, 11) is 0. The van der Waals surface area contributed by atoms with Gasteiger partial charge in [-0.1, -0.05) is 30.3 Å². The first-order chi connectivity index (χ1) is 18.4. The molecule has 38 heavy (non-hydrogen) atoms. The molecule has 1 fully saturated rings. The van der Waals surface area contributed by atoms with E-state index in [2.05, 4.69) is 16.9 Å². The van der Waals surface area contributed by atoms with Crippen LogP contribution < -0.4 is 16.0 Å². The number of nitrogens with two attached hydrogens (primary N) is 1. The number of primary amides is 1. The van der Waals surface area contributed by atoms with E-state index in [1.165, 1.54) is 6.08 Å². The summed E-state index contributed by atoms with van der Waals surface area (Å²) in [6, 6.07) is 13.6. The van der Waals surface area contributed by atoms with E-state index >= 15 is 0 Å². The third-order valence-corrected chi connectivity index (χ3v) is 6.60. The van der Waals surface area contributed by atoms with Gasteiger partial charge in [0.1, 0.15) is 11.4 Å². The third-order valence-electron chi connectivity index (χ3n) is 6.35. The highest BCUT2D eigenvalue weighted by Gasteiger charge is 2.26. The number of fused-ring (bicyclic) bond motifs is 1. The second kappa shape index (κ2) is 10.3. The van der Waals surface area contributed by atoms with Gasteiger partial charge in [-0.2, -0.15) is 0 Å². The number of rotatable bonds is 6. The monoisotopic (exact) mass is 529 g/mol. The molecule has 3 heterocycles. The molecule has 0 bridgehead atoms. The number of imidazole rings is 1. The van der Waals surface area contributed by atoms with Gasteiger partial charge < -0.3 is 20.9 Å². The van der Waals surface area contributed by atoms with E-state index < -0.39 is 5.91 Å². The molecule has 10 nitrogen and oxygen atoms in total. The van der Waals surface area contributed by atoms with Crippen molar-refractivity contribution in [2.75, 3.05) is 36.4 Å². The van der Waals surface area contributed by atoms with Crippen LogP contribution in [-0.2, 0) is 4.79 Å². The molecule has 5 rings (SSSR count). The van der Waals surface area contributed by atoms with Crippen molar-refractivity contribution >= 4 is 46.5 Å². The van der Waals surface area contributed by atoms with Crippen molar-refractivity contribution in [1.82, 2.24) is 19.3 Å². The number of benzene rings is 2. The first kappa shape index (κ1) is 25.0. The van der Waals surface area contributed by atoms with Crippen molar-refractivity contribution in [2.24, 2.45) is 5.73 Å². The Labute approximate surface area is 223 Å². The molecule has 3 amide bonds. The zero-order chi connectivity index (χ0) is 26.8. The van der Waals surface area contributed by atoms with Gasteiger partial charge in [0.2, 0.25) is 5.91 Å². The predicted octanol–water partition coefficient (Wildman–Crippen LogP) is 3.24. The maximum Gasteiger partial charge on any atom is 0.268 e. The molecule has 1 aliphatic rings. The van der Waals surface area contributed by atoms with Crippen LogP contribution in [-0.4, -0.2) is 63.2 Å². The Kier molecular flexibility index (Phi) is 6.80. The lowest BCUT2D eigenvalue weighted by atomic mass is 10.1. The van der Waals surface area contributed by atoms with Gasteiger partial charge in [-0.15, -0.1) is 0 Å². The minimum atomic E-state index is -0.633. The Hall–Kier alpha value is -4.70. The number of amides is 3. The first-order valence-corrected chi connectivity index (χ1v) is 12.2. The van der Waals surface area contributed by atoms with Crippen LogP contribution >= 0.6 is 11.6 Å². The molecule has 0 atom stereocenters. The summed E-state index contributed by atoms with van der Waals surface area (Å²) >= 11 is 5.90. The second-order valence-corrected chi connectivity index (χ2v) is 9.11. The maximum absolute atomic E-state index is 12.5. The van der Waals surface area contributed by atoms with Gasteiger partial charge in [0.05, 0.1) is 0 Å². The van der Waals surface area contributed by atoms with Gasteiger partial charge in [0, 0.05) is 60.4 Å². The highest BCUT2D eigenvalue weighted by Crippen LogP contribution is 2.29. The molecule has 1 saturated heterocycles. The van der Waals surface area contributed by atoms with Gasteiger partial charge in [-0.05, 0) is 42.5 Å². The molecule has 4 aromatic rings. The Morgan fingerprint density at radius 2 is 1.68 bits per heavy atom. The van der Waals surface area contributed by atoms with E-state index in [4.69, 9.17) is 22.3 Å². The van der Waals surface area contributed by atoms with Gasteiger partial charge in [-0.25, -0.2) is 9.97 Å². The number of nitrogens with one attached hydrogen (secondary N) is 1. The molecular formula is C27H24ClN7O3. The van der Waals surface area contributed by atoms with Gasteiger partial charge in [0.15, 0.2) is 11.5 Å². The molecule has 0 aliphatic carbocycles. The molecule has 1 aliphatic heterocycles. The summed E-state index contributed by atoms with van der Waals surface area (Å²) < 4.78 is 1.64. The zero-order valence-corrected chi connectivity index (χ0v) is 21.1.